The minimum atomic E-state index is -2.41. The lowest BCUT2D eigenvalue weighted by atomic mass is 9.75. The van der Waals surface area contributed by atoms with Gasteiger partial charge in [0.1, 0.15) is 25.5 Å². The monoisotopic (exact) mass is 712 g/mol. The lowest BCUT2D eigenvalue weighted by Gasteiger charge is -2.50. The Bertz CT molecular complexity index is 1880. The highest BCUT2D eigenvalue weighted by atomic mass is 35.7. The molecule has 1 aliphatic rings. The summed E-state index contributed by atoms with van der Waals surface area (Å²) in [5.41, 5.74) is 2.98. The molecule has 1 saturated heterocycles. The number of halogens is 1. The van der Waals surface area contributed by atoms with E-state index in [4.69, 9.17) is 35.5 Å². The summed E-state index contributed by atoms with van der Waals surface area (Å²) >= 11 is 5.79. The van der Waals surface area contributed by atoms with Crippen molar-refractivity contribution in [3.63, 3.8) is 0 Å². The smallest absolute Gasteiger partial charge is 0.475 e. The molecule has 0 saturated carbocycles. The summed E-state index contributed by atoms with van der Waals surface area (Å²) in [7, 11) is -2.41. The summed E-state index contributed by atoms with van der Waals surface area (Å²) in [4.78, 5) is 28.8. The average molecular weight is 713 g/mol. The number of carbonyl (C=O) groups excluding carboxylic acids is 1. The van der Waals surface area contributed by atoms with Gasteiger partial charge in [-0.1, -0.05) is 105 Å². The van der Waals surface area contributed by atoms with Crippen molar-refractivity contribution in [2.24, 2.45) is 5.92 Å². The Hall–Kier alpha value is -4.76. The normalized spacial score (nSPS) is 17.0. The van der Waals surface area contributed by atoms with Crippen LogP contribution in [0.5, 0.6) is 5.88 Å². The van der Waals surface area contributed by atoms with Gasteiger partial charge in [-0.05, 0) is 21.3 Å². The fraction of sp³-hybridized carbons (Fsp3) is 0.306. The molecule has 0 radical (unpaired) electrons. The Kier molecular flexibility index (Phi) is 11.1. The van der Waals surface area contributed by atoms with Gasteiger partial charge in [-0.25, -0.2) is 4.98 Å². The van der Waals surface area contributed by atoms with Gasteiger partial charge in [-0.15, -0.1) is 4.52 Å². The van der Waals surface area contributed by atoms with Gasteiger partial charge in [-0.3, -0.25) is 19.6 Å². The molecule has 0 aliphatic carbocycles. The highest BCUT2D eigenvalue weighted by Gasteiger charge is 2.47. The number of hydrogen-bond acceptors (Lipinski definition) is 10. The highest BCUT2D eigenvalue weighted by Crippen LogP contribution is 2.45. The van der Waals surface area contributed by atoms with Crippen LogP contribution in [0, 0.1) is 17.2 Å². The number of amides is 1. The predicted octanol–water partition coefficient (Wildman–Crippen LogP) is 6.82. The minimum Gasteiger partial charge on any atom is -0.475 e. The molecule has 50 heavy (non-hydrogen) atoms. The van der Waals surface area contributed by atoms with Crippen LogP contribution in [0.3, 0.4) is 0 Å². The Morgan fingerprint density at radius 2 is 1.62 bits per heavy atom. The largest absolute Gasteiger partial charge is 0.633 e. The van der Waals surface area contributed by atoms with Crippen LogP contribution in [0.25, 0.3) is 11.2 Å². The van der Waals surface area contributed by atoms with Crippen LogP contribution in [-0.2, 0) is 24.2 Å². The van der Waals surface area contributed by atoms with Crippen molar-refractivity contribution < 1.29 is 23.4 Å². The number of anilines is 1. The summed E-state index contributed by atoms with van der Waals surface area (Å²) in [6.07, 6.45) is 0.425. The molecule has 6 rings (SSSR count). The number of benzene rings is 3. The van der Waals surface area contributed by atoms with Crippen molar-refractivity contribution in [2.75, 3.05) is 31.6 Å². The number of hydrogen-bond donors (Lipinski definition) is 1. The van der Waals surface area contributed by atoms with E-state index in [0.29, 0.717) is 24.3 Å². The van der Waals surface area contributed by atoms with E-state index in [1.54, 1.807) is 24.7 Å². The van der Waals surface area contributed by atoms with Gasteiger partial charge in [0, 0.05) is 19.0 Å². The number of nitrogens with zero attached hydrogens (tertiary/aromatic N) is 6. The van der Waals surface area contributed by atoms with Gasteiger partial charge in [0.25, 0.3) is 0 Å². The maximum absolute atomic E-state index is 12.7. The molecule has 5 aromatic rings. The van der Waals surface area contributed by atoms with Crippen LogP contribution in [0.2, 0.25) is 0 Å². The quantitative estimate of drug-likeness (QED) is 0.0785. The average Bonchev–Trinajstić information content (AvgIpc) is 3.57. The Morgan fingerprint density at radius 3 is 2.16 bits per heavy atom. The third-order valence-electron chi connectivity index (χ3n) is 8.47. The lowest BCUT2D eigenvalue weighted by Crippen LogP contribution is -2.57. The second kappa shape index (κ2) is 15.9. The Labute approximate surface area is 295 Å². The third kappa shape index (κ3) is 7.38. The Morgan fingerprint density at radius 1 is 1.02 bits per heavy atom. The molecule has 1 fully saturated rings. The van der Waals surface area contributed by atoms with E-state index < -0.39 is 25.3 Å². The predicted molar refractivity (Wildman–Crippen MR) is 189 cm³/mol. The van der Waals surface area contributed by atoms with Crippen molar-refractivity contribution in [3.8, 4) is 11.9 Å². The van der Waals surface area contributed by atoms with Crippen LogP contribution in [0.1, 0.15) is 43.2 Å². The number of fused-ring (bicyclic) bond motifs is 1. The van der Waals surface area contributed by atoms with Gasteiger partial charge >= 0.3 is 7.38 Å². The van der Waals surface area contributed by atoms with Gasteiger partial charge in [-0.2, -0.15) is 15.2 Å². The van der Waals surface area contributed by atoms with E-state index >= 15 is 0 Å². The first-order chi connectivity index (χ1) is 24.3. The maximum atomic E-state index is 12.7. The second-order valence-electron chi connectivity index (χ2n) is 12.0. The van der Waals surface area contributed by atoms with E-state index in [1.165, 1.54) is 0 Å². The summed E-state index contributed by atoms with van der Waals surface area (Å²) in [5, 5.41) is 11.9. The van der Waals surface area contributed by atoms with Crippen LogP contribution in [0.15, 0.2) is 97.3 Å². The number of carbonyl (C=O) groups is 1. The van der Waals surface area contributed by atoms with Gasteiger partial charge in [0.05, 0.1) is 24.4 Å². The first kappa shape index (κ1) is 35.1. The van der Waals surface area contributed by atoms with Crippen LogP contribution < -0.4 is 10.1 Å². The fourth-order valence-corrected chi connectivity index (χ4v) is 6.72. The van der Waals surface area contributed by atoms with Crippen LogP contribution >= 0.6 is 18.6 Å². The zero-order valence-corrected chi connectivity index (χ0v) is 29.2. The summed E-state index contributed by atoms with van der Waals surface area (Å²) < 4.78 is 31.7. The van der Waals surface area contributed by atoms with E-state index in [9.17, 15) is 9.36 Å². The molecule has 0 spiro atoms. The molecule has 256 valence electrons. The van der Waals surface area contributed by atoms with Gasteiger partial charge in [0.2, 0.25) is 29.0 Å². The summed E-state index contributed by atoms with van der Waals surface area (Å²) in [5.74, 6) is -0.441. The van der Waals surface area contributed by atoms with Crippen molar-refractivity contribution in [1.82, 2.24) is 24.4 Å². The van der Waals surface area contributed by atoms with E-state index in [1.807, 2.05) is 54.6 Å². The third-order valence-corrected chi connectivity index (χ3v) is 9.12. The number of morpholine rings is 1. The molecule has 12 nitrogen and oxygen atoms in total. The van der Waals surface area contributed by atoms with E-state index in [2.05, 4.69) is 62.7 Å². The minimum absolute atomic E-state index is 0.0313. The number of imidazole rings is 1. The molecule has 1 unspecified atom stereocenters. The molecule has 2 aromatic heterocycles. The van der Waals surface area contributed by atoms with Crippen LogP contribution in [0.4, 0.5) is 5.95 Å². The SMILES string of the molecule is CC(C)C(=O)Nc1nc(OCCC#N)c2ncn([C@H]3CN(C(c4ccccc4)(c4ccccc4)c4ccccc4)C[C@@H](CO[P+](=O)Cl)O3)c2n1. The Balaban J connectivity index is 1.52. The lowest BCUT2D eigenvalue weighted by molar-refractivity contribution is -0.144. The molecule has 1 aliphatic heterocycles. The van der Waals surface area contributed by atoms with Crippen molar-refractivity contribution in [1.29, 1.82) is 5.26 Å². The molecule has 1 amide bonds. The molecule has 0 bridgehead atoms. The molecular weight excluding hydrogens is 677 g/mol. The van der Waals surface area contributed by atoms with E-state index in [-0.39, 0.29) is 43.3 Å². The topological polar surface area (TPSA) is 144 Å². The van der Waals surface area contributed by atoms with E-state index in [0.717, 1.165) is 16.7 Å². The highest BCUT2D eigenvalue weighted by molar-refractivity contribution is 7.69. The first-order valence-corrected chi connectivity index (χ1v) is 18.3. The standard InChI is InChI=1S/C36H35ClN7O5P/c1-25(2)33(45)41-35-40-32-31(34(42-35)47-20-12-19-38)39-24-44(32)30-22-43(21-29(49-30)23-48-50(37)46)36(26-13-6-3-7-14-26,27-15-8-4-9-16-27)28-17-10-5-11-18-28/h3-11,13-18,24-25,29-30H,12,20-23H2,1-2H3/p+1/t29-,30+/m0/s1. The van der Waals surface area contributed by atoms with Crippen molar-refractivity contribution in [3.05, 3.63) is 114 Å². The summed E-state index contributed by atoms with van der Waals surface area (Å²) in [6.45, 7) is 4.29. The molecule has 3 heterocycles. The zero-order valence-electron chi connectivity index (χ0n) is 27.6. The fourth-order valence-electron chi connectivity index (χ4n) is 6.27. The van der Waals surface area contributed by atoms with Crippen molar-refractivity contribution in [2.45, 2.75) is 38.1 Å². The molecule has 1 N–H and O–H groups in total. The number of rotatable bonds is 13. The molecule has 14 heteroatoms. The maximum Gasteiger partial charge on any atom is 0.633 e. The molecule has 3 atom stereocenters. The van der Waals surface area contributed by atoms with Gasteiger partial charge < -0.3 is 9.47 Å². The number of nitriles is 1. The van der Waals surface area contributed by atoms with Gasteiger partial charge in [0.15, 0.2) is 11.2 Å². The molecular formula is C36H36ClN7O5P+. The van der Waals surface area contributed by atoms with Crippen LogP contribution in [-0.4, -0.2) is 62.7 Å². The zero-order chi connectivity index (χ0) is 35.1. The number of ether oxygens (including phenoxy) is 2. The van der Waals surface area contributed by atoms with Crippen molar-refractivity contribution >= 4 is 41.6 Å². The second-order valence-corrected chi connectivity index (χ2v) is 13.5. The number of nitrogens with one attached hydrogen (secondary N) is 1. The number of aromatic nitrogens is 4. The first-order valence-electron chi connectivity index (χ1n) is 16.2. The summed E-state index contributed by atoms with van der Waals surface area (Å²) in [6, 6.07) is 32.8. The molecule has 3 aromatic carbocycles.